The number of benzene rings is 1. The SMILES string of the molecule is CC1(C)[C@H]2CC=C(CCO[P+](O)([S-])OC[C@H]3O[C@@H](n4ccc(N=C([O-])c5ccccc5)nc4=O)C[C@@H]3O)[C@@H]1C2. The van der Waals surface area contributed by atoms with Crippen LogP contribution in [0, 0.1) is 17.3 Å². The maximum atomic E-state index is 12.6. The Morgan fingerprint density at radius 1 is 1.28 bits per heavy atom. The van der Waals surface area contributed by atoms with Gasteiger partial charge in [0, 0.05) is 12.6 Å². The third-order valence-corrected chi connectivity index (χ3v) is 9.81. The highest BCUT2D eigenvalue weighted by Gasteiger charge is 2.51. The highest BCUT2D eigenvalue weighted by molar-refractivity contribution is 8.35. The van der Waals surface area contributed by atoms with Gasteiger partial charge in [-0.3, -0.25) is 4.57 Å². The third kappa shape index (κ3) is 6.30. The van der Waals surface area contributed by atoms with E-state index in [0.29, 0.717) is 23.3 Å². The zero-order chi connectivity index (χ0) is 27.8. The van der Waals surface area contributed by atoms with Crippen LogP contribution in [0.4, 0.5) is 5.82 Å². The van der Waals surface area contributed by atoms with Crippen molar-refractivity contribution in [3.63, 3.8) is 0 Å². The molecule has 2 heterocycles. The molecule has 2 aromatic rings. The molecule has 1 aliphatic heterocycles. The standard InChI is InChI=1S/C27H34N3O7PS/c1-27(2)19-9-8-17(20(27)14-19)11-13-35-38(34,39)36-16-22-21(31)15-24(37-22)30-12-10-23(29-26(30)33)28-25(32)18-6-4-3-5-7-18/h3-8,10,12,19-22,24,31H,9,11,13-16H2,1-2H3,(H,34,39)(H,28,29,32,33)/p-1/t19-,20-,21-,22+,24+,38?/m0/s1. The molecule has 6 atom stereocenters. The lowest BCUT2D eigenvalue weighted by Crippen LogP contribution is -2.48. The van der Waals surface area contributed by atoms with Crippen LogP contribution in [0.1, 0.15) is 51.3 Å². The summed E-state index contributed by atoms with van der Waals surface area (Å²) in [6.07, 6.45) is 4.22. The molecule has 3 aliphatic carbocycles. The van der Waals surface area contributed by atoms with Crippen molar-refractivity contribution in [2.45, 2.75) is 58.0 Å². The number of rotatable bonds is 10. The van der Waals surface area contributed by atoms with Crippen LogP contribution in [-0.4, -0.2) is 50.9 Å². The first-order valence-corrected chi connectivity index (χ1v) is 15.7. The molecule has 1 aromatic heterocycles. The number of fused-ring (bicyclic) bond motifs is 1. The van der Waals surface area contributed by atoms with Crippen LogP contribution in [0.25, 0.3) is 0 Å². The Bertz CT molecular complexity index is 1300. The zero-order valence-corrected chi connectivity index (χ0v) is 23.6. The van der Waals surface area contributed by atoms with E-state index in [-0.39, 0.29) is 25.5 Å². The molecule has 0 spiro atoms. The second kappa shape index (κ2) is 11.4. The van der Waals surface area contributed by atoms with Crippen LogP contribution in [0.5, 0.6) is 0 Å². The van der Waals surface area contributed by atoms with Crippen molar-refractivity contribution in [2.24, 2.45) is 22.2 Å². The topological polar surface area (TPSA) is 138 Å². The summed E-state index contributed by atoms with van der Waals surface area (Å²) in [7, 11) is -3.54. The lowest BCUT2D eigenvalue weighted by molar-refractivity contribution is -0.212. The minimum atomic E-state index is -3.54. The largest absolute Gasteiger partial charge is 0.858 e. The van der Waals surface area contributed by atoms with E-state index in [9.17, 15) is 19.9 Å². The van der Waals surface area contributed by atoms with Gasteiger partial charge >= 0.3 is 5.69 Å². The smallest absolute Gasteiger partial charge is 0.351 e. The van der Waals surface area contributed by atoms with Crippen molar-refractivity contribution >= 4 is 31.1 Å². The second-order valence-electron chi connectivity index (χ2n) is 10.9. The molecule has 4 aliphatic rings. The van der Waals surface area contributed by atoms with E-state index < -0.39 is 37.2 Å². The number of aliphatic hydroxyl groups is 1. The second-order valence-corrected chi connectivity index (χ2v) is 13.7. The Morgan fingerprint density at radius 3 is 2.74 bits per heavy atom. The van der Waals surface area contributed by atoms with Gasteiger partial charge in [-0.05, 0) is 54.0 Å². The predicted octanol–water partition coefficient (Wildman–Crippen LogP) is 2.96. The van der Waals surface area contributed by atoms with E-state index in [1.807, 2.05) is 0 Å². The summed E-state index contributed by atoms with van der Waals surface area (Å²) in [6, 6.07) is 9.89. The molecule has 1 unspecified atom stereocenters. The van der Waals surface area contributed by atoms with Gasteiger partial charge in [-0.15, -0.1) is 0 Å². The first kappa shape index (κ1) is 28.4. The Morgan fingerprint density at radius 2 is 2.05 bits per heavy atom. The fourth-order valence-corrected chi connectivity index (χ4v) is 6.85. The van der Waals surface area contributed by atoms with Crippen LogP contribution in [-0.2, 0) is 26.0 Å². The first-order chi connectivity index (χ1) is 18.5. The maximum Gasteiger partial charge on any atom is 0.351 e. The van der Waals surface area contributed by atoms with E-state index >= 15 is 0 Å². The van der Waals surface area contributed by atoms with Crippen molar-refractivity contribution in [3.05, 3.63) is 70.3 Å². The van der Waals surface area contributed by atoms with Gasteiger partial charge < -0.3 is 27.2 Å². The molecule has 39 heavy (non-hydrogen) atoms. The van der Waals surface area contributed by atoms with Crippen LogP contribution in [0.2, 0.25) is 0 Å². The van der Waals surface area contributed by atoms with Crippen LogP contribution in [0.15, 0.2) is 64.0 Å². The van der Waals surface area contributed by atoms with Crippen molar-refractivity contribution < 1.29 is 28.9 Å². The molecule has 1 aromatic carbocycles. The fraction of sp³-hybridized carbons (Fsp3) is 0.519. The van der Waals surface area contributed by atoms with Crippen LogP contribution < -0.4 is 10.8 Å². The maximum absolute atomic E-state index is 12.6. The van der Waals surface area contributed by atoms with Crippen molar-refractivity contribution in [1.29, 1.82) is 0 Å². The lowest BCUT2D eigenvalue weighted by atomic mass is 9.48. The number of allylic oxidation sites excluding steroid dienone is 1. The molecule has 12 heteroatoms. The summed E-state index contributed by atoms with van der Waals surface area (Å²) in [6.45, 7) is 4.69. The molecule has 6 rings (SSSR count). The molecule has 1 saturated carbocycles. The van der Waals surface area contributed by atoms with Crippen molar-refractivity contribution in [1.82, 2.24) is 9.55 Å². The van der Waals surface area contributed by atoms with Crippen LogP contribution in [0.3, 0.4) is 0 Å². The van der Waals surface area contributed by atoms with Gasteiger partial charge in [0.1, 0.15) is 18.9 Å². The number of nitrogens with zero attached hydrogens (tertiary/aromatic N) is 3. The monoisotopic (exact) mass is 574 g/mol. The molecule has 2 bridgehead atoms. The highest BCUT2D eigenvalue weighted by atomic mass is 32.7. The van der Waals surface area contributed by atoms with Gasteiger partial charge in [-0.1, -0.05) is 55.8 Å². The molecule has 0 amide bonds. The minimum Gasteiger partial charge on any atom is -0.858 e. The van der Waals surface area contributed by atoms with E-state index in [4.69, 9.17) is 26.0 Å². The predicted molar refractivity (Wildman–Crippen MR) is 147 cm³/mol. The zero-order valence-electron chi connectivity index (χ0n) is 21.9. The normalized spacial score (nSPS) is 29.4. The summed E-state index contributed by atoms with van der Waals surface area (Å²) < 4.78 is 18.0. The van der Waals surface area contributed by atoms with Crippen molar-refractivity contribution in [3.8, 4) is 0 Å². The van der Waals surface area contributed by atoms with Crippen LogP contribution >= 0.6 is 7.15 Å². The number of aliphatic imine (C=N–C) groups is 1. The van der Waals surface area contributed by atoms with E-state index in [1.165, 1.54) is 28.8 Å². The van der Waals surface area contributed by atoms with E-state index in [1.54, 1.807) is 30.3 Å². The number of aliphatic hydroxyl groups excluding tert-OH is 1. The van der Waals surface area contributed by atoms with E-state index in [0.717, 1.165) is 12.3 Å². The number of hydrogen-bond donors (Lipinski definition) is 2. The van der Waals surface area contributed by atoms with Gasteiger partial charge in [0.2, 0.25) is 0 Å². The fourth-order valence-electron chi connectivity index (χ4n) is 5.71. The van der Waals surface area contributed by atoms with Gasteiger partial charge in [-0.25, -0.2) is 14.7 Å². The lowest BCUT2D eigenvalue weighted by Gasteiger charge is -2.56. The van der Waals surface area contributed by atoms with E-state index in [2.05, 4.69) is 29.9 Å². The summed E-state index contributed by atoms with van der Waals surface area (Å²) in [4.78, 5) is 30.8. The molecule has 2 fully saturated rings. The summed E-state index contributed by atoms with van der Waals surface area (Å²) in [5.41, 5.74) is 1.38. The summed E-state index contributed by atoms with van der Waals surface area (Å²) >= 11 is 5.16. The average Bonchev–Trinajstić information content (AvgIpc) is 3.28. The number of hydrogen-bond acceptors (Lipinski definition) is 10. The summed E-state index contributed by atoms with van der Waals surface area (Å²) in [5.74, 6) is 0.777. The molecular formula is C27H33N3O7PS-. The van der Waals surface area contributed by atoms with Gasteiger partial charge in [-0.2, -0.15) is 14.0 Å². The minimum absolute atomic E-state index is 0.0219. The van der Waals surface area contributed by atoms with Gasteiger partial charge in [0.15, 0.2) is 5.82 Å². The molecule has 1 saturated heterocycles. The molecule has 210 valence electrons. The average molecular weight is 575 g/mol. The Labute approximate surface area is 233 Å². The first-order valence-electron chi connectivity index (χ1n) is 13.1. The highest BCUT2D eigenvalue weighted by Crippen LogP contribution is 2.60. The number of aromatic nitrogens is 2. The third-order valence-electron chi connectivity index (χ3n) is 8.20. The van der Waals surface area contributed by atoms with Crippen molar-refractivity contribution in [2.75, 3.05) is 13.2 Å². The Kier molecular flexibility index (Phi) is 8.31. The molecule has 2 N–H and O–H groups in total. The van der Waals surface area contributed by atoms with Gasteiger partial charge in [0.05, 0.1) is 12.7 Å². The molecule has 0 radical (unpaired) electrons. The number of ether oxygens (including phenoxy) is 1. The summed E-state index contributed by atoms with van der Waals surface area (Å²) in [5, 5.41) is 22.7. The molecule has 10 nitrogen and oxygen atoms in total. The Balaban J connectivity index is 1.12. The Hall–Kier alpha value is -2.11. The quantitative estimate of drug-likeness (QED) is 0.144. The molecular weight excluding hydrogens is 541 g/mol. The van der Waals surface area contributed by atoms with Gasteiger partial charge in [0.25, 0.3) is 7.15 Å².